The van der Waals surface area contributed by atoms with Gasteiger partial charge >= 0.3 is 17.9 Å². The Morgan fingerprint density at radius 3 is 0.792 bits per heavy atom. The lowest BCUT2D eigenvalue weighted by molar-refractivity contribution is -0.167. The summed E-state index contributed by atoms with van der Waals surface area (Å²) in [5.41, 5.74) is 0. The molecule has 0 fully saturated rings. The molecule has 0 radical (unpaired) electrons. The van der Waals surface area contributed by atoms with Crippen molar-refractivity contribution < 1.29 is 28.6 Å². The van der Waals surface area contributed by atoms with Crippen LogP contribution in [-0.4, -0.2) is 37.2 Å². The van der Waals surface area contributed by atoms with Crippen molar-refractivity contribution >= 4 is 17.9 Å². The number of hydrogen-bond acceptors (Lipinski definition) is 6. The molecule has 0 spiro atoms. The second-order valence-corrected chi connectivity index (χ2v) is 22.0. The van der Waals surface area contributed by atoms with Crippen LogP contribution in [-0.2, 0) is 28.6 Å². The summed E-state index contributed by atoms with van der Waals surface area (Å²) in [6.07, 6.45) is 73.3. The number of esters is 3. The average Bonchev–Trinajstić information content (AvgIpc) is 3.38. The first-order valence-corrected chi connectivity index (χ1v) is 32.3. The lowest BCUT2D eigenvalue weighted by atomic mass is 10.0. The smallest absolute Gasteiger partial charge is 0.306 e. The van der Waals surface area contributed by atoms with Gasteiger partial charge in [0.15, 0.2) is 6.10 Å². The lowest BCUT2D eigenvalue weighted by Gasteiger charge is -2.18. The molecule has 424 valence electrons. The molecule has 0 aromatic rings. The quantitative estimate of drug-likeness (QED) is 0.0261. The molecular formula is C66H124O6. The van der Waals surface area contributed by atoms with Crippen LogP contribution in [0.25, 0.3) is 0 Å². The van der Waals surface area contributed by atoms with Crippen LogP contribution in [0.5, 0.6) is 0 Å². The van der Waals surface area contributed by atoms with E-state index in [2.05, 4.69) is 45.1 Å². The maximum absolute atomic E-state index is 12.9. The van der Waals surface area contributed by atoms with Gasteiger partial charge in [-0.05, 0) is 51.4 Å². The zero-order chi connectivity index (χ0) is 52.2. The fourth-order valence-corrected chi connectivity index (χ4v) is 9.83. The molecule has 6 nitrogen and oxygen atoms in total. The third-order valence-corrected chi connectivity index (χ3v) is 14.7. The van der Waals surface area contributed by atoms with E-state index in [1.54, 1.807) is 0 Å². The summed E-state index contributed by atoms with van der Waals surface area (Å²) in [6.45, 7) is 6.67. The van der Waals surface area contributed by atoms with Crippen molar-refractivity contribution in [3.63, 3.8) is 0 Å². The van der Waals surface area contributed by atoms with Gasteiger partial charge in [-0.25, -0.2) is 0 Å². The molecule has 6 heteroatoms. The number of allylic oxidation sites excluding steroid dienone is 4. The summed E-state index contributed by atoms with van der Waals surface area (Å²) in [5.74, 6) is -0.857. The van der Waals surface area contributed by atoms with Crippen LogP contribution in [0, 0.1) is 0 Å². The minimum Gasteiger partial charge on any atom is -0.462 e. The van der Waals surface area contributed by atoms with Crippen molar-refractivity contribution in [2.45, 2.75) is 367 Å². The summed E-state index contributed by atoms with van der Waals surface area (Å²) in [7, 11) is 0. The van der Waals surface area contributed by atoms with Crippen molar-refractivity contribution in [3.05, 3.63) is 24.3 Å². The van der Waals surface area contributed by atoms with Crippen molar-refractivity contribution in [2.75, 3.05) is 13.2 Å². The molecule has 0 amide bonds. The van der Waals surface area contributed by atoms with Crippen LogP contribution in [0.15, 0.2) is 24.3 Å². The van der Waals surface area contributed by atoms with Crippen molar-refractivity contribution in [1.29, 1.82) is 0 Å². The average molecular weight is 1010 g/mol. The summed E-state index contributed by atoms with van der Waals surface area (Å²) < 4.78 is 16.9. The molecule has 0 saturated carbocycles. The van der Waals surface area contributed by atoms with E-state index in [1.807, 2.05) is 0 Å². The van der Waals surface area contributed by atoms with Crippen molar-refractivity contribution in [3.8, 4) is 0 Å². The molecule has 0 bridgehead atoms. The van der Waals surface area contributed by atoms with E-state index in [0.717, 1.165) is 77.0 Å². The van der Waals surface area contributed by atoms with Gasteiger partial charge in [0, 0.05) is 19.3 Å². The van der Waals surface area contributed by atoms with Gasteiger partial charge < -0.3 is 14.2 Å². The second-order valence-electron chi connectivity index (χ2n) is 22.0. The lowest BCUT2D eigenvalue weighted by Crippen LogP contribution is -2.30. The van der Waals surface area contributed by atoms with Gasteiger partial charge in [-0.3, -0.25) is 14.4 Å². The molecule has 0 rings (SSSR count). The van der Waals surface area contributed by atoms with Gasteiger partial charge in [-0.2, -0.15) is 0 Å². The summed E-state index contributed by atoms with van der Waals surface area (Å²) in [5, 5.41) is 0. The van der Waals surface area contributed by atoms with E-state index in [9.17, 15) is 14.4 Å². The number of hydrogen-bond donors (Lipinski definition) is 0. The number of unbranched alkanes of at least 4 members (excludes halogenated alkanes) is 45. The molecule has 0 heterocycles. The molecule has 0 saturated heterocycles. The van der Waals surface area contributed by atoms with Gasteiger partial charge in [0.25, 0.3) is 0 Å². The second kappa shape index (κ2) is 61.4. The molecule has 1 unspecified atom stereocenters. The van der Waals surface area contributed by atoms with E-state index >= 15 is 0 Å². The van der Waals surface area contributed by atoms with Crippen LogP contribution in [0.3, 0.4) is 0 Å². The molecule has 0 aromatic carbocycles. The molecule has 0 aliphatic heterocycles. The highest BCUT2D eigenvalue weighted by atomic mass is 16.6. The highest BCUT2D eigenvalue weighted by Gasteiger charge is 2.19. The number of rotatable bonds is 60. The Hall–Kier alpha value is -2.11. The minimum absolute atomic E-state index is 0.0711. The van der Waals surface area contributed by atoms with Crippen LogP contribution in [0.4, 0.5) is 0 Å². The van der Waals surface area contributed by atoms with E-state index < -0.39 is 6.10 Å². The highest BCUT2D eigenvalue weighted by Crippen LogP contribution is 2.18. The Kier molecular flexibility index (Phi) is 59.6. The Morgan fingerprint density at radius 2 is 0.500 bits per heavy atom. The van der Waals surface area contributed by atoms with E-state index in [1.165, 1.54) is 244 Å². The Labute approximate surface area is 449 Å². The Morgan fingerprint density at radius 1 is 0.278 bits per heavy atom. The van der Waals surface area contributed by atoms with Crippen LogP contribution < -0.4 is 0 Å². The largest absolute Gasteiger partial charge is 0.462 e. The monoisotopic (exact) mass is 1010 g/mol. The Balaban J connectivity index is 4.24. The van der Waals surface area contributed by atoms with E-state index in [-0.39, 0.29) is 31.1 Å². The Bertz CT molecular complexity index is 1160. The topological polar surface area (TPSA) is 78.9 Å². The molecular weight excluding hydrogens is 889 g/mol. The number of carbonyl (C=O) groups excluding carboxylic acids is 3. The van der Waals surface area contributed by atoms with Crippen molar-refractivity contribution in [1.82, 2.24) is 0 Å². The van der Waals surface area contributed by atoms with E-state index in [4.69, 9.17) is 14.2 Å². The molecule has 0 aliphatic rings. The summed E-state index contributed by atoms with van der Waals surface area (Å²) in [6, 6.07) is 0. The zero-order valence-electron chi connectivity index (χ0n) is 48.7. The maximum atomic E-state index is 12.9. The SMILES string of the molecule is CCCCC/C=C\C/C=C\CCCCCCCC(=O)OC(COC(=O)CCCCCCCCCCCCCCCCC)COC(=O)CCCCCCCCCCCCCCCCCCCCCCCCCC. The minimum atomic E-state index is -0.774. The van der Waals surface area contributed by atoms with Gasteiger partial charge in [-0.15, -0.1) is 0 Å². The number of carbonyl (C=O) groups is 3. The van der Waals surface area contributed by atoms with Crippen LogP contribution in [0.1, 0.15) is 361 Å². The van der Waals surface area contributed by atoms with Gasteiger partial charge in [0.2, 0.25) is 0 Å². The zero-order valence-corrected chi connectivity index (χ0v) is 48.7. The molecule has 72 heavy (non-hydrogen) atoms. The third kappa shape index (κ3) is 58.8. The van der Waals surface area contributed by atoms with Gasteiger partial charge in [0.05, 0.1) is 0 Å². The van der Waals surface area contributed by atoms with Crippen LogP contribution >= 0.6 is 0 Å². The molecule has 0 N–H and O–H groups in total. The predicted molar refractivity (Wildman–Crippen MR) is 312 cm³/mol. The maximum Gasteiger partial charge on any atom is 0.306 e. The summed E-state index contributed by atoms with van der Waals surface area (Å²) in [4.78, 5) is 38.3. The van der Waals surface area contributed by atoms with Gasteiger partial charge in [-0.1, -0.05) is 315 Å². The molecule has 0 aromatic heterocycles. The first-order valence-electron chi connectivity index (χ1n) is 32.3. The van der Waals surface area contributed by atoms with Crippen LogP contribution in [0.2, 0.25) is 0 Å². The highest BCUT2D eigenvalue weighted by molar-refractivity contribution is 5.71. The normalized spacial score (nSPS) is 12.1. The molecule has 0 aliphatic carbocycles. The van der Waals surface area contributed by atoms with Crippen molar-refractivity contribution in [2.24, 2.45) is 0 Å². The fraction of sp³-hybridized carbons (Fsp3) is 0.894. The van der Waals surface area contributed by atoms with Gasteiger partial charge in [0.1, 0.15) is 13.2 Å². The standard InChI is InChI=1S/C66H124O6/c1-4-7-10-13-16-19-22-25-28-29-30-31-32-33-34-35-36-39-41-44-47-50-53-56-59-65(68)71-62-63(72-66(69)60-57-54-51-48-45-42-38-27-24-21-18-15-12-9-6-3)61-70-64(67)58-55-52-49-46-43-40-37-26-23-20-17-14-11-8-5-2/h18,21,27,38,63H,4-17,19-20,22-26,28-37,39-62H2,1-3H3/b21-18-,38-27-. The first-order chi connectivity index (χ1) is 35.5. The van der Waals surface area contributed by atoms with E-state index in [0.29, 0.717) is 19.3 Å². The summed E-state index contributed by atoms with van der Waals surface area (Å²) >= 11 is 0. The third-order valence-electron chi connectivity index (χ3n) is 14.7. The predicted octanol–water partition coefficient (Wildman–Crippen LogP) is 21.8. The molecule has 1 atom stereocenters. The fourth-order valence-electron chi connectivity index (χ4n) is 9.83. The first kappa shape index (κ1) is 69.9. The number of ether oxygens (including phenoxy) is 3.